The van der Waals surface area contributed by atoms with Crippen molar-refractivity contribution in [1.82, 2.24) is 4.98 Å². The van der Waals surface area contributed by atoms with Crippen LogP contribution in [0.4, 0.5) is 4.39 Å². The van der Waals surface area contributed by atoms with Crippen molar-refractivity contribution in [1.29, 1.82) is 0 Å². The summed E-state index contributed by atoms with van der Waals surface area (Å²) in [5.74, 6) is -0.843. The lowest BCUT2D eigenvalue weighted by molar-refractivity contribution is -0.142. The maximum absolute atomic E-state index is 13.2. The summed E-state index contributed by atoms with van der Waals surface area (Å²) >= 11 is 1.24. The van der Waals surface area contributed by atoms with Gasteiger partial charge in [-0.3, -0.25) is 4.79 Å². The molecule has 7 heteroatoms. The van der Waals surface area contributed by atoms with Crippen LogP contribution in [0.15, 0.2) is 38.9 Å². The van der Waals surface area contributed by atoms with Gasteiger partial charge >= 0.3 is 11.6 Å². The first-order valence-corrected chi connectivity index (χ1v) is 7.78. The molecule has 0 aliphatic rings. The van der Waals surface area contributed by atoms with Gasteiger partial charge in [-0.15, -0.1) is 11.3 Å². The first-order valence-electron chi connectivity index (χ1n) is 6.90. The third-order valence-electron chi connectivity index (χ3n) is 3.11. The molecule has 0 saturated heterocycles. The van der Waals surface area contributed by atoms with Gasteiger partial charge in [0.1, 0.15) is 16.4 Å². The van der Waals surface area contributed by atoms with Crippen LogP contribution < -0.4 is 5.63 Å². The minimum atomic E-state index is -0.597. The molecule has 0 spiro atoms. The zero-order chi connectivity index (χ0) is 16.4. The van der Waals surface area contributed by atoms with Crippen molar-refractivity contribution in [3.63, 3.8) is 0 Å². The Morgan fingerprint density at radius 3 is 3.00 bits per heavy atom. The quantitative estimate of drug-likeness (QED) is 0.542. The molecule has 5 nitrogen and oxygen atoms in total. The van der Waals surface area contributed by atoms with Crippen molar-refractivity contribution in [3.05, 3.63) is 51.6 Å². The number of rotatable bonds is 4. The largest absolute Gasteiger partial charge is 0.466 e. The molecule has 0 aliphatic heterocycles. The average Bonchev–Trinajstić information content (AvgIpc) is 2.94. The Labute approximate surface area is 134 Å². The number of esters is 1. The summed E-state index contributed by atoms with van der Waals surface area (Å²) in [6.45, 7) is 2.04. The van der Waals surface area contributed by atoms with Crippen molar-refractivity contribution in [3.8, 4) is 10.6 Å². The number of aromatic nitrogens is 1. The molecule has 3 aromatic rings. The number of carbonyl (C=O) groups excluding carboxylic acids is 1. The van der Waals surface area contributed by atoms with Crippen LogP contribution in [0.25, 0.3) is 21.5 Å². The molecule has 0 unspecified atom stereocenters. The Balaban J connectivity index is 1.96. The normalized spacial score (nSPS) is 10.9. The van der Waals surface area contributed by atoms with E-state index in [0.717, 1.165) is 6.07 Å². The van der Waals surface area contributed by atoms with E-state index in [9.17, 15) is 14.0 Å². The van der Waals surface area contributed by atoms with Crippen molar-refractivity contribution in [2.24, 2.45) is 0 Å². The number of benzene rings is 1. The van der Waals surface area contributed by atoms with Crippen molar-refractivity contribution in [2.75, 3.05) is 6.61 Å². The highest BCUT2D eigenvalue weighted by molar-refractivity contribution is 7.13. The van der Waals surface area contributed by atoms with Crippen LogP contribution in [-0.2, 0) is 16.0 Å². The van der Waals surface area contributed by atoms with Gasteiger partial charge in [-0.1, -0.05) is 0 Å². The molecule has 0 amide bonds. The summed E-state index contributed by atoms with van der Waals surface area (Å²) in [4.78, 5) is 27.8. The van der Waals surface area contributed by atoms with Gasteiger partial charge in [-0.05, 0) is 25.1 Å². The fraction of sp³-hybridized carbons (Fsp3) is 0.188. The molecule has 1 aromatic carbocycles. The molecule has 0 aliphatic carbocycles. The summed E-state index contributed by atoms with van der Waals surface area (Å²) in [6.07, 6.45) is 0.0501. The Morgan fingerprint density at radius 2 is 2.22 bits per heavy atom. The van der Waals surface area contributed by atoms with Crippen molar-refractivity contribution in [2.45, 2.75) is 13.3 Å². The summed E-state index contributed by atoms with van der Waals surface area (Å²) < 4.78 is 23.2. The third-order valence-corrected chi connectivity index (χ3v) is 4.04. The first kappa shape index (κ1) is 15.4. The fourth-order valence-corrected chi connectivity index (χ4v) is 2.93. The minimum absolute atomic E-state index is 0.0501. The zero-order valence-corrected chi connectivity index (χ0v) is 13.0. The Kier molecular flexibility index (Phi) is 4.20. The van der Waals surface area contributed by atoms with E-state index in [1.807, 2.05) is 0 Å². The SMILES string of the molecule is CCOC(=O)Cc1csc(-c2cc3ccc(F)cc3oc2=O)n1. The van der Waals surface area contributed by atoms with Crippen molar-refractivity contribution < 1.29 is 18.3 Å². The van der Waals surface area contributed by atoms with Crippen LogP contribution in [-0.4, -0.2) is 17.6 Å². The maximum Gasteiger partial charge on any atom is 0.346 e. The summed E-state index contributed by atoms with van der Waals surface area (Å²) in [6, 6.07) is 5.59. The Morgan fingerprint density at radius 1 is 1.39 bits per heavy atom. The molecule has 0 atom stereocenters. The van der Waals surface area contributed by atoms with Crippen LogP contribution in [0.3, 0.4) is 0 Å². The van der Waals surface area contributed by atoms with Crippen LogP contribution in [0, 0.1) is 5.82 Å². The van der Waals surface area contributed by atoms with Gasteiger partial charge in [0.15, 0.2) is 0 Å². The van der Waals surface area contributed by atoms with Gasteiger partial charge in [0.05, 0.1) is 24.3 Å². The summed E-state index contributed by atoms with van der Waals surface area (Å²) in [5, 5.41) is 2.74. The second-order valence-corrected chi connectivity index (χ2v) is 5.61. The van der Waals surface area contributed by atoms with Gasteiger partial charge in [0.25, 0.3) is 0 Å². The lowest BCUT2D eigenvalue weighted by atomic mass is 10.2. The highest BCUT2D eigenvalue weighted by Gasteiger charge is 2.14. The fourth-order valence-electron chi connectivity index (χ4n) is 2.11. The number of hydrogen-bond acceptors (Lipinski definition) is 6. The number of carbonyl (C=O) groups is 1. The maximum atomic E-state index is 13.2. The van der Waals surface area contributed by atoms with Crippen LogP contribution in [0.1, 0.15) is 12.6 Å². The van der Waals surface area contributed by atoms with Gasteiger partial charge in [-0.2, -0.15) is 0 Å². The van der Waals surface area contributed by atoms with E-state index in [2.05, 4.69) is 4.98 Å². The predicted octanol–water partition coefficient (Wildman–Crippen LogP) is 3.16. The van der Waals surface area contributed by atoms with E-state index in [1.165, 1.54) is 23.5 Å². The molecular formula is C16H12FNO4S. The molecule has 3 rings (SSSR count). The lowest BCUT2D eigenvalue weighted by Crippen LogP contribution is -2.08. The standard InChI is InChI=1S/C16H12FNO4S/c1-2-21-14(19)7-11-8-23-15(18-11)12-5-9-3-4-10(17)6-13(9)22-16(12)20/h3-6,8H,2,7H2,1H3. The van der Waals surface area contributed by atoms with Crippen molar-refractivity contribution >= 4 is 28.3 Å². The minimum Gasteiger partial charge on any atom is -0.466 e. The molecule has 2 heterocycles. The smallest absolute Gasteiger partial charge is 0.346 e. The monoisotopic (exact) mass is 333 g/mol. The zero-order valence-electron chi connectivity index (χ0n) is 12.2. The highest BCUT2D eigenvalue weighted by atomic mass is 32.1. The molecule has 0 fully saturated rings. The molecule has 0 saturated carbocycles. The number of ether oxygens (including phenoxy) is 1. The number of halogens is 1. The Hall–Kier alpha value is -2.54. The highest BCUT2D eigenvalue weighted by Crippen LogP contribution is 2.25. The molecule has 0 radical (unpaired) electrons. The predicted molar refractivity (Wildman–Crippen MR) is 83.9 cm³/mol. The molecular weight excluding hydrogens is 321 g/mol. The Bertz CT molecular complexity index is 931. The average molecular weight is 333 g/mol. The van der Waals surface area contributed by atoms with E-state index >= 15 is 0 Å². The summed E-state index contributed by atoms with van der Waals surface area (Å²) in [7, 11) is 0. The second-order valence-electron chi connectivity index (χ2n) is 4.76. The van der Waals surface area contributed by atoms with Crippen LogP contribution in [0.5, 0.6) is 0 Å². The van der Waals surface area contributed by atoms with Crippen LogP contribution in [0.2, 0.25) is 0 Å². The number of hydrogen-bond donors (Lipinski definition) is 0. The van der Waals surface area contributed by atoms with E-state index in [4.69, 9.17) is 9.15 Å². The first-order chi connectivity index (χ1) is 11.1. The van der Waals surface area contributed by atoms with Gasteiger partial charge in [-0.25, -0.2) is 14.2 Å². The van der Waals surface area contributed by atoms with Gasteiger partial charge < -0.3 is 9.15 Å². The molecule has 23 heavy (non-hydrogen) atoms. The second kappa shape index (κ2) is 6.29. The van der Waals surface area contributed by atoms with E-state index in [-0.39, 0.29) is 23.5 Å². The van der Waals surface area contributed by atoms with E-state index in [0.29, 0.717) is 22.7 Å². The molecule has 0 N–H and O–H groups in total. The van der Waals surface area contributed by atoms with Gasteiger partial charge in [0.2, 0.25) is 0 Å². The third kappa shape index (κ3) is 3.29. The summed E-state index contributed by atoms with van der Waals surface area (Å²) in [5.41, 5.74) is 0.397. The molecule has 0 bridgehead atoms. The molecule has 118 valence electrons. The number of thiazole rings is 1. The molecule has 2 aromatic heterocycles. The lowest BCUT2D eigenvalue weighted by Gasteiger charge is -2.00. The van der Waals surface area contributed by atoms with E-state index < -0.39 is 11.4 Å². The number of fused-ring (bicyclic) bond motifs is 1. The van der Waals surface area contributed by atoms with Crippen LogP contribution >= 0.6 is 11.3 Å². The number of nitrogens with zero attached hydrogens (tertiary/aromatic N) is 1. The van der Waals surface area contributed by atoms with E-state index in [1.54, 1.807) is 18.4 Å². The topological polar surface area (TPSA) is 69.4 Å². The van der Waals surface area contributed by atoms with Gasteiger partial charge in [0, 0.05) is 16.8 Å².